The maximum atomic E-state index is 5.71. The van der Waals surface area contributed by atoms with Gasteiger partial charge in [0.2, 0.25) is 0 Å². The molecule has 14 heavy (non-hydrogen) atoms. The molecule has 1 heterocycles. The molecule has 76 valence electrons. The number of alkyl halides is 1. The molecule has 0 atom stereocenters. The highest BCUT2D eigenvalue weighted by Gasteiger charge is 2.16. The van der Waals surface area contributed by atoms with E-state index in [0.717, 1.165) is 5.82 Å². The first-order chi connectivity index (χ1) is 6.90. The standard InChI is InChI=1S/C11H15ClN2/c12-8-11-13-7-6-10(14-11)9-4-2-1-3-5-9/h6-7,9H,1-5,8H2. The normalized spacial score (nSPS) is 18.4. The van der Waals surface area contributed by atoms with E-state index in [1.54, 1.807) is 0 Å². The van der Waals surface area contributed by atoms with Crippen molar-refractivity contribution in [1.29, 1.82) is 0 Å². The summed E-state index contributed by atoms with van der Waals surface area (Å²) in [5.74, 6) is 1.82. The second kappa shape index (κ2) is 4.74. The Balaban J connectivity index is 2.13. The number of nitrogens with zero attached hydrogens (tertiary/aromatic N) is 2. The van der Waals surface area contributed by atoms with Gasteiger partial charge in [0.25, 0.3) is 0 Å². The Kier molecular flexibility index (Phi) is 3.35. The summed E-state index contributed by atoms with van der Waals surface area (Å²) in [4.78, 5) is 8.58. The molecule has 0 spiro atoms. The lowest BCUT2D eigenvalue weighted by molar-refractivity contribution is 0.435. The molecule has 1 aliphatic carbocycles. The van der Waals surface area contributed by atoms with Gasteiger partial charge in [0.15, 0.2) is 0 Å². The van der Waals surface area contributed by atoms with Crippen LogP contribution in [0.25, 0.3) is 0 Å². The van der Waals surface area contributed by atoms with E-state index < -0.39 is 0 Å². The fourth-order valence-corrected chi connectivity index (χ4v) is 2.23. The second-order valence-corrected chi connectivity index (χ2v) is 4.13. The van der Waals surface area contributed by atoms with Gasteiger partial charge in [0.05, 0.1) is 5.88 Å². The van der Waals surface area contributed by atoms with Crippen LogP contribution in [-0.4, -0.2) is 9.97 Å². The number of hydrogen-bond donors (Lipinski definition) is 0. The highest BCUT2D eigenvalue weighted by Crippen LogP contribution is 2.31. The lowest BCUT2D eigenvalue weighted by Crippen LogP contribution is -2.08. The molecule has 3 heteroatoms. The molecule has 0 radical (unpaired) electrons. The van der Waals surface area contributed by atoms with E-state index in [9.17, 15) is 0 Å². The first kappa shape index (κ1) is 9.91. The fourth-order valence-electron chi connectivity index (χ4n) is 2.10. The van der Waals surface area contributed by atoms with Gasteiger partial charge in [-0.3, -0.25) is 0 Å². The molecule has 2 nitrogen and oxygen atoms in total. The summed E-state index contributed by atoms with van der Waals surface area (Å²) in [6.07, 6.45) is 8.44. The van der Waals surface area contributed by atoms with Gasteiger partial charge in [-0.05, 0) is 18.9 Å². The van der Waals surface area contributed by atoms with E-state index in [0.29, 0.717) is 11.8 Å². The first-order valence-corrected chi connectivity index (χ1v) is 5.81. The maximum Gasteiger partial charge on any atom is 0.143 e. The maximum absolute atomic E-state index is 5.71. The van der Waals surface area contributed by atoms with E-state index in [4.69, 9.17) is 11.6 Å². The Morgan fingerprint density at radius 1 is 1.29 bits per heavy atom. The number of rotatable bonds is 2. The zero-order chi connectivity index (χ0) is 9.80. The highest BCUT2D eigenvalue weighted by molar-refractivity contribution is 6.16. The SMILES string of the molecule is ClCc1nccc(C2CCCCC2)n1. The Bertz CT molecular complexity index is 295. The van der Waals surface area contributed by atoms with E-state index in [1.165, 1.54) is 37.8 Å². The van der Waals surface area contributed by atoms with Crippen LogP contribution in [0.4, 0.5) is 0 Å². The van der Waals surface area contributed by atoms with E-state index in [1.807, 2.05) is 12.3 Å². The van der Waals surface area contributed by atoms with Crippen LogP contribution in [0.5, 0.6) is 0 Å². The Labute approximate surface area is 89.7 Å². The molecule has 0 unspecified atom stereocenters. The molecule has 0 bridgehead atoms. The van der Waals surface area contributed by atoms with Crippen molar-refractivity contribution in [3.05, 3.63) is 23.8 Å². The molecule has 0 N–H and O–H groups in total. The lowest BCUT2D eigenvalue weighted by atomic mass is 9.87. The van der Waals surface area contributed by atoms with Crippen LogP contribution in [0.15, 0.2) is 12.3 Å². The molecule has 2 rings (SSSR count). The summed E-state index contributed by atoms with van der Waals surface area (Å²) in [5, 5.41) is 0. The number of hydrogen-bond acceptors (Lipinski definition) is 2. The highest BCUT2D eigenvalue weighted by atomic mass is 35.5. The van der Waals surface area contributed by atoms with Crippen LogP contribution in [0.1, 0.15) is 49.5 Å². The average Bonchev–Trinajstić information content (AvgIpc) is 2.30. The molecule has 0 saturated heterocycles. The van der Waals surface area contributed by atoms with Crippen molar-refractivity contribution in [3.8, 4) is 0 Å². The molecule has 1 aromatic rings. The van der Waals surface area contributed by atoms with Gasteiger partial charge >= 0.3 is 0 Å². The fraction of sp³-hybridized carbons (Fsp3) is 0.636. The van der Waals surface area contributed by atoms with Crippen LogP contribution in [0, 0.1) is 0 Å². The van der Waals surface area contributed by atoms with Crippen LogP contribution in [0.2, 0.25) is 0 Å². The van der Waals surface area contributed by atoms with Crippen molar-refractivity contribution in [2.24, 2.45) is 0 Å². The zero-order valence-electron chi connectivity index (χ0n) is 8.25. The Hall–Kier alpha value is -0.630. The smallest absolute Gasteiger partial charge is 0.143 e. The Morgan fingerprint density at radius 2 is 2.07 bits per heavy atom. The minimum Gasteiger partial charge on any atom is -0.240 e. The predicted molar refractivity (Wildman–Crippen MR) is 57.4 cm³/mol. The topological polar surface area (TPSA) is 25.8 Å². The van der Waals surface area contributed by atoms with Crippen LogP contribution in [0.3, 0.4) is 0 Å². The zero-order valence-corrected chi connectivity index (χ0v) is 9.00. The van der Waals surface area contributed by atoms with E-state index in [2.05, 4.69) is 9.97 Å². The van der Waals surface area contributed by atoms with Crippen LogP contribution < -0.4 is 0 Å². The number of halogens is 1. The molecule has 0 aromatic carbocycles. The third-order valence-corrected chi connectivity index (χ3v) is 3.11. The van der Waals surface area contributed by atoms with Crippen molar-refractivity contribution < 1.29 is 0 Å². The first-order valence-electron chi connectivity index (χ1n) is 5.28. The molecular weight excluding hydrogens is 196 g/mol. The average molecular weight is 211 g/mol. The van der Waals surface area contributed by atoms with E-state index in [-0.39, 0.29) is 0 Å². The van der Waals surface area contributed by atoms with Gasteiger partial charge in [-0.2, -0.15) is 0 Å². The lowest BCUT2D eigenvalue weighted by Gasteiger charge is -2.20. The molecule has 1 saturated carbocycles. The van der Waals surface area contributed by atoms with Gasteiger partial charge in [-0.1, -0.05) is 19.3 Å². The molecule has 0 aliphatic heterocycles. The second-order valence-electron chi connectivity index (χ2n) is 3.87. The Morgan fingerprint density at radius 3 is 2.79 bits per heavy atom. The molecule has 1 fully saturated rings. The van der Waals surface area contributed by atoms with Crippen molar-refractivity contribution in [2.75, 3.05) is 0 Å². The van der Waals surface area contributed by atoms with Gasteiger partial charge in [0.1, 0.15) is 5.82 Å². The van der Waals surface area contributed by atoms with E-state index >= 15 is 0 Å². The van der Waals surface area contributed by atoms with Crippen molar-refractivity contribution >= 4 is 11.6 Å². The van der Waals surface area contributed by atoms with Gasteiger partial charge in [-0.15, -0.1) is 11.6 Å². The largest absolute Gasteiger partial charge is 0.240 e. The van der Waals surface area contributed by atoms with Crippen molar-refractivity contribution in [2.45, 2.75) is 43.9 Å². The minimum absolute atomic E-state index is 0.417. The quantitative estimate of drug-likeness (QED) is 0.701. The molecular formula is C11H15ClN2. The monoisotopic (exact) mass is 210 g/mol. The summed E-state index contributed by atoms with van der Waals surface area (Å²) in [6, 6.07) is 2.03. The third-order valence-electron chi connectivity index (χ3n) is 2.87. The van der Waals surface area contributed by atoms with Crippen LogP contribution >= 0.6 is 11.6 Å². The molecule has 1 aromatic heterocycles. The minimum atomic E-state index is 0.417. The van der Waals surface area contributed by atoms with Crippen LogP contribution in [-0.2, 0) is 5.88 Å². The van der Waals surface area contributed by atoms with Gasteiger partial charge in [0, 0.05) is 17.8 Å². The summed E-state index contributed by atoms with van der Waals surface area (Å²) >= 11 is 5.71. The summed E-state index contributed by atoms with van der Waals surface area (Å²) < 4.78 is 0. The summed E-state index contributed by atoms with van der Waals surface area (Å²) in [6.45, 7) is 0. The van der Waals surface area contributed by atoms with Gasteiger partial charge < -0.3 is 0 Å². The predicted octanol–water partition coefficient (Wildman–Crippen LogP) is 3.26. The van der Waals surface area contributed by atoms with Crippen molar-refractivity contribution in [3.63, 3.8) is 0 Å². The summed E-state index contributed by atoms with van der Waals surface area (Å²) in [7, 11) is 0. The summed E-state index contributed by atoms with van der Waals surface area (Å²) in [5.41, 5.74) is 1.19. The molecule has 0 amide bonds. The number of aromatic nitrogens is 2. The van der Waals surface area contributed by atoms with Crippen molar-refractivity contribution in [1.82, 2.24) is 9.97 Å². The van der Waals surface area contributed by atoms with Gasteiger partial charge in [-0.25, -0.2) is 9.97 Å². The third kappa shape index (κ3) is 2.24. The molecule has 1 aliphatic rings.